The summed E-state index contributed by atoms with van der Waals surface area (Å²) in [7, 11) is 0. The lowest BCUT2D eigenvalue weighted by atomic mass is 9.98. The van der Waals surface area contributed by atoms with E-state index >= 15 is 0 Å². The van der Waals surface area contributed by atoms with Gasteiger partial charge in [-0.25, -0.2) is 0 Å². The molecule has 2 heterocycles. The van der Waals surface area contributed by atoms with Crippen LogP contribution >= 0.6 is 0 Å². The summed E-state index contributed by atoms with van der Waals surface area (Å²) in [6, 6.07) is 18.2. The molecule has 0 bridgehead atoms. The summed E-state index contributed by atoms with van der Waals surface area (Å²) in [4.78, 5) is 18.6. The van der Waals surface area contributed by atoms with Crippen LogP contribution < -0.4 is 10.1 Å². The van der Waals surface area contributed by atoms with E-state index in [1.54, 1.807) is 0 Å². The Kier molecular flexibility index (Phi) is 7.78. The lowest BCUT2D eigenvalue weighted by molar-refractivity contribution is 0.0706. The van der Waals surface area contributed by atoms with E-state index in [2.05, 4.69) is 44.7 Å². The summed E-state index contributed by atoms with van der Waals surface area (Å²) < 4.78 is 5.99. The Labute approximate surface area is 224 Å². The van der Waals surface area contributed by atoms with Crippen LogP contribution in [0.25, 0.3) is 10.9 Å². The molecule has 7 heteroatoms. The van der Waals surface area contributed by atoms with E-state index < -0.39 is 0 Å². The van der Waals surface area contributed by atoms with Crippen molar-refractivity contribution in [2.24, 2.45) is 10.2 Å². The molecule has 3 aromatic rings. The predicted octanol–water partition coefficient (Wildman–Crippen LogP) is 6.20. The third-order valence-electron chi connectivity index (χ3n) is 7.34. The summed E-state index contributed by atoms with van der Waals surface area (Å²) in [5.41, 5.74) is 3.64. The number of benzene rings is 2. The van der Waals surface area contributed by atoms with Gasteiger partial charge in [-0.1, -0.05) is 30.3 Å². The lowest BCUT2D eigenvalue weighted by Crippen LogP contribution is -2.41. The summed E-state index contributed by atoms with van der Waals surface area (Å²) in [5.74, 6) is 3.54. The molecule has 0 saturated carbocycles. The van der Waals surface area contributed by atoms with Gasteiger partial charge in [-0.05, 0) is 62.1 Å². The predicted molar refractivity (Wildman–Crippen MR) is 150 cm³/mol. The first-order valence-corrected chi connectivity index (χ1v) is 13.5. The molecule has 5 rings (SSSR count). The molecular weight excluding hydrogens is 474 g/mol. The van der Waals surface area contributed by atoms with Crippen LogP contribution in [0.5, 0.6) is 5.75 Å². The minimum atomic E-state index is -0.322. The van der Waals surface area contributed by atoms with E-state index in [0.29, 0.717) is 31.8 Å². The number of carbonyl (C=O) groups is 1. The number of rotatable bonds is 12. The van der Waals surface area contributed by atoms with Gasteiger partial charge in [-0.15, -0.1) is 12.3 Å². The Morgan fingerprint density at radius 3 is 2.87 bits per heavy atom. The van der Waals surface area contributed by atoms with Crippen LogP contribution in [0.4, 0.5) is 0 Å². The lowest BCUT2D eigenvalue weighted by Gasteiger charge is -2.32. The van der Waals surface area contributed by atoms with E-state index in [0.717, 1.165) is 54.3 Å². The van der Waals surface area contributed by atoms with E-state index in [9.17, 15) is 4.79 Å². The molecule has 1 atom stereocenters. The van der Waals surface area contributed by atoms with Crippen LogP contribution in [-0.4, -0.2) is 40.6 Å². The molecule has 0 spiro atoms. The number of hydrogen-bond donors (Lipinski definition) is 2. The van der Waals surface area contributed by atoms with E-state index in [4.69, 9.17) is 11.2 Å². The summed E-state index contributed by atoms with van der Waals surface area (Å²) in [6.07, 6.45) is 12.8. The van der Waals surface area contributed by atoms with Gasteiger partial charge in [0, 0.05) is 49.0 Å². The second-order valence-corrected chi connectivity index (χ2v) is 10.00. The average molecular weight is 510 g/mol. The van der Waals surface area contributed by atoms with Crippen molar-refractivity contribution in [1.82, 2.24) is 15.2 Å². The fraction of sp³-hybridized carbons (Fsp3) is 0.387. The first kappa shape index (κ1) is 25.6. The molecule has 1 amide bonds. The van der Waals surface area contributed by atoms with Crippen molar-refractivity contribution in [2.45, 2.75) is 63.7 Å². The molecule has 2 N–H and O–H groups in total. The number of nitrogens with one attached hydrogen (secondary N) is 2. The van der Waals surface area contributed by atoms with E-state index in [-0.39, 0.29) is 17.6 Å². The van der Waals surface area contributed by atoms with Gasteiger partial charge in [0.05, 0.1) is 12.6 Å². The highest BCUT2D eigenvalue weighted by molar-refractivity contribution is 5.98. The number of aromatic nitrogens is 1. The topological polar surface area (TPSA) is 82.1 Å². The largest absolute Gasteiger partial charge is 0.493 e. The van der Waals surface area contributed by atoms with Gasteiger partial charge in [0.2, 0.25) is 0 Å². The number of nitrogens with zero attached hydrogens (tertiary/aromatic N) is 3. The Hall–Kier alpha value is -4.05. The zero-order valence-corrected chi connectivity index (χ0v) is 22.0. The molecule has 2 aliphatic rings. The monoisotopic (exact) mass is 509 g/mol. The number of carbonyl (C=O) groups excluding carboxylic acids is 1. The minimum absolute atomic E-state index is 0.0453. The van der Waals surface area contributed by atoms with E-state index in [1.165, 1.54) is 5.70 Å². The van der Waals surface area contributed by atoms with E-state index in [1.807, 2.05) is 54.3 Å². The average Bonchev–Trinajstić information content (AvgIpc) is 3.58. The van der Waals surface area contributed by atoms with Crippen LogP contribution in [0.1, 0.15) is 61.5 Å². The van der Waals surface area contributed by atoms with Gasteiger partial charge in [-0.2, -0.15) is 10.2 Å². The van der Waals surface area contributed by atoms with Gasteiger partial charge in [0.25, 0.3) is 5.91 Å². The molecule has 0 radical (unpaired) electrons. The highest BCUT2D eigenvalue weighted by Gasteiger charge is 2.38. The van der Waals surface area contributed by atoms with Crippen molar-refractivity contribution in [2.75, 3.05) is 13.2 Å². The number of fused-ring (bicyclic) bond motifs is 1. The maximum absolute atomic E-state index is 13.4. The molecular formula is C31H35N5O2. The molecule has 2 aromatic carbocycles. The van der Waals surface area contributed by atoms with Crippen molar-refractivity contribution < 1.29 is 9.53 Å². The van der Waals surface area contributed by atoms with Crippen LogP contribution in [0.3, 0.4) is 0 Å². The molecule has 7 nitrogen and oxygen atoms in total. The molecule has 1 aromatic heterocycles. The van der Waals surface area contributed by atoms with Crippen molar-refractivity contribution in [3.63, 3.8) is 0 Å². The number of aromatic amines is 1. The number of ether oxygens (including phenoxy) is 1. The summed E-state index contributed by atoms with van der Waals surface area (Å²) >= 11 is 0. The van der Waals surface area contributed by atoms with Gasteiger partial charge < -0.3 is 19.9 Å². The van der Waals surface area contributed by atoms with Crippen LogP contribution in [-0.2, 0) is 6.54 Å². The Morgan fingerprint density at radius 1 is 1.21 bits per heavy atom. The molecule has 0 fully saturated rings. The molecule has 196 valence electrons. The molecule has 1 aliphatic carbocycles. The van der Waals surface area contributed by atoms with Crippen molar-refractivity contribution in [1.29, 1.82) is 0 Å². The number of allylic oxidation sites excluding steroid dienone is 1. The third-order valence-corrected chi connectivity index (χ3v) is 7.34. The second-order valence-electron chi connectivity index (χ2n) is 10.00. The maximum Gasteiger partial charge on any atom is 0.270 e. The van der Waals surface area contributed by atoms with Gasteiger partial charge in [0.15, 0.2) is 5.66 Å². The number of terminal acetylenes is 1. The highest BCUT2D eigenvalue weighted by atomic mass is 16.5. The normalized spacial score (nSPS) is 17.5. The second kappa shape index (κ2) is 11.6. The molecule has 38 heavy (non-hydrogen) atoms. The Bertz CT molecular complexity index is 1340. The van der Waals surface area contributed by atoms with Crippen LogP contribution in [0, 0.1) is 12.3 Å². The SMILES string of the molecule is C#CCCC1(CCOc2cccc(CNC3=C[C@@H](N(CC)C(=O)c4cc5ccccc5[nH]4)CCC3)c2)N=N1. The zero-order chi connectivity index (χ0) is 26.4. The van der Waals surface area contributed by atoms with Gasteiger partial charge in [-0.3, -0.25) is 4.79 Å². The first-order valence-electron chi connectivity index (χ1n) is 13.5. The summed E-state index contributed by atoms with van der Waals surface area (Å²) in [5, 5.41) is 13.0. The standard InChI is InChI=1S/C31H35N5O2/c1-3-5-16-31(34-35-31)17-18-38-27-14-8-10-23(19-27)22-32-25-12-9-13-26(21-25)36(4-2)30(37)29-20-24-11-6-7-15-28(24)33-29/h1,6-8,10-11,14-15,19-21,26,32-33H,4-5,9,12-13,16-18,22H2,2H3/t26-/m0/s1. The fourth-order valence-electron chi connectivity index (χ4n) is 5.13. The number of para-hydroxylation sites is 1. The Balaban J connectivity index is 1.16. The van der Waals surface area contributed by atoms with Crippen molar-refractivity contribution in [3.05, 3.63) is 77.6 Å². The smallest absolute Gasteiger partial charge is 0.270 e. The maximum atomic E-state index is 13.4. The number of amides is 1. The Morgan fingerprint density at radius 2 is 2.08 bits per heavy atom. The molecule has 1 aliphatic heterocycles. The number of H-pyrrole nitrogens is 1. The van der Waals surface area contributed by atoms with Crippen LogP contribution in [0.2, 0.25) is 0 Å². The fourth-order valence-corrected chi connectivity index (χ4v) is 5.13. The van der Waals surface area contributed by atoms with Crippen molar-refractivity contribution in [3.8, 4) is 18.1 Å². The molecule has 0 saturated heterocycles. The van der Waals surface area contributed by atoms with Crippen LogP contribution in [0.15, 0.2) is 76.6 Å². The van der Waals surface area contributed by atoms with Gasteiger partial charge in [0.1, 0.15) is 11.4 Å². The van der Waals surface area contributed by atoms with Gasteiger partial charge >= 0.3 is 0 Å². The number of hydrogen-bond acceptors (Lipinski definition) is 5. The molecule has 0 unspecified atom stereocenters. The quantitative estimate of drug-likeness (QED) is 0.285. The third kappa shape index (κ3) is 6.08. The van der Waals surface area contributed by atoms with Crippen molar-refractivity contribution >= 4 is 16.8 Å². The first-order chi connectivity index (χ1) is 18.6. The summed E-state index contributed by atoms with van der Waals surface area (Å²) in [6.45, 7) is 3.96. The zero-order valence-electron chi connectivity index (χ0n) is 22.0. The number of likely N-dealkylation sites (N-methyl/N-ethyl adjacent to an activating group) is 1. The highest BCUT2D eigenvalue weighted by Crippen LogP contribution is 2.36. The minimum Gasteiger partial charge on any atom is -0.493 e.